The van der Waals surface area contributed by atoms with Crippen LogP contribution in [0.5, 0.6) is 11.5 Å². The fraction of sp³-hybridized carbons (Fsp3) is 0.0952. The van der Waals surface area contributed by atoms with Crippen LogP contribution in [0.25, 0.3) is 23.2 Å². The minimum absolute atomic E-state index is 0.196. The lowest BCUT2D eigenvalue weighted by Crippen LogP contribution is -2.23. The summed E-state index contributed by atoms with van der Waals surface area (Å²) in [7, 11) is 3.18. The molecule has 6 nitrogen and oxygen atoms in total. The Morgan fingerprint density at radius 3 is 2.41 bits per heavy atom. The van der Waals surface area contributed by atoms with Gasteiger partial charge in [-0.2, -0.15) is 9.50 Å². The number of aromatic nitrogens is 3. The third-order valence-electron chi connectivity index (χ3n) is 4.20. The van der Waals surface area contributed by atoms with Crippen molar-refractivity contribution in [2.24, 2.45) is 0 Å². The third kappa shape index (κ3) is 4.01. The molecule has 0 bridgehead atoms. The molecule has 2 aromatic carbocycles. The predicted molar refractivity (Wildman–Crippen MR) is 116 cm³/mol. The van der Waals surface area contributed by atoms with Gasteiger partial charge in [0.15, 0.2) is 17.3 Å². The van der Waals surface area contributed by atoms with E-state index >= 15 is 0 Å². The van der Waals surface area contributed by atoms with E-state index in [4.69, 9.17) is 21.1 Å². The highest BCUT2D eigenvalue weighted by Crippen LogP contribution is 2.28. The molecule has 0 aliphatic heterocycles. The van der Waals surface area contributed by atoms with Gasteiger partial charge in [0.2, 0.25) is 4.96 Å². The molecule has 0 aliphatic rings. The summed E-state index contributed by atoms with van der Waals surface area (Å²) >= 11 is 7.19. The maximum atomic E-state index is 12.6. The molecule has 29 heavy (non-hydrogen) atoms. The van der Waals surface area contributed by atoms with Crippen LogP contribution < -0.4 is 19.6 Å². The molecule has 0 N–H and O–H groups in total. The second kappa shape index (κ2) is 8.06. The van der Waals surface area contributed by atoms with E-state index in [1.54, 1.807) is 38.5 Å². The lowest BCUT2D eigenvalue weighted by Gasteiger charge is -2.07. The topological polar surface area (TPSA) is 65.7 Å². The third-order valence-corrected chi connectivity index (χ3v) is 5.41. The van der Waals surface area contributed by atoms with E-state index in [0.29, 0.717) is 31.8 Å². The first-order valence-corrected chi connectivity index (χ1v) is 9.84. The van der Waals surface area contributed by atoms with Gasteiger partial charge in [0.1, 0.15) is 0 Å². The second-order valence-electron chi connectivity index (χ2n) is 6.08. The van der Waals surface area contributed by atoms with Gasteiger partial charge in [0.05, 0.1) is 18.8 Å². The minimum atomic E-state index is -0.196. The summed E-state index contributed by atoms with van der Waals surface area (Å²) < 4.78 is 12.4. The first-order valence-electron chi connectivity index (χ1n) is 8.64. The Balaban J connectivity index is 1.63. The zero-order valence-corrected chi connectivity index (χ0v) is 17.2. The van der Waals surface area contributed by atoms with Crippen molar-refractivity contribution in [3.63, 3.8) is 0 Å². The van der Waals surface area contributed by atoms with E-state index < -0.39 is 0 Å². The number of benzene rings is 2. The number of fused-ring (bicyclic) bond motifs is 1. The number of nitrogens with zero attached hydrogens (tertiary/aromatic N) is 3. The van der Waals surface area contributed by atoms with Crippen molar-refractivity contribution in [2.45, 2.75) is 0 Å². The van der Waals surface area contributed by atoms with Crippen molar-refractivity contribution in [2.75, 3.05) is 14.2 Å². The van der Waals surface area contributed by atoms with Gasteiger partial charge in [0, 0.05) is 5.02 Å². The largest absolute Gasteiger partial charge is 0.493 e. The molecule has 0 unspecified atom stereocenters. The normalized spacial score (nSPS) is 12.2. The summed E-state index contributed by atoms with van der Waals surface area (Å²) in [4.78, 5) is 17.6. The van der Waals surface area contributed by atoms with Gasteiger partial charge in [-0.1, -0.05) is 47.2 Å². The molecule has 146 valence electrons. The lowest BCUT2D eigenvalue weighted by atomic mass is 10.2. The van der Waals surface area contributed by atoms with Gasteiger partial charge in [0.25, 0.3) is 5.56 Å². The van der Waals surface area contributed by atoms with Gasteiger partial charge in [-0.15, -0.1) is 5.10 Å². The Hall–Kier alpha value is -3.16. The quantitative estimate of drug-likeness (QED) is 0.489. The first kappa shape index (κ1) is 19.2. The highest BCUT2D eigenvalue weighted by molar-refractivity contribution is 7.15. The standard InChI is InChI=1S/C21H16ClN3O3S/c1-27-16-9-5-13(11-17(16)28-2)6-10-19-23-21-25(24-19)20(26)18(29-21)12-14-3-7-15(22)8-4-14/h3-12H,1-2H3/b10-6+,18-12-. The van der Waals surface area contributed by atoms with Crippen LogP contribution in [-0.4, -0.2) is 28.8 Å². The summed E-state index contributed by atoms with van der Waals surface area (Å²) in [6, 6.07) is 12.9. The number of methoxy groups -OCH3 is 2. The Labute approximate surface area is 175 Å². The average Bonchev–Trinajstić information content (AvgIpc) is 3.26. The molecule has 0 aliphatic carbocycles. The van der Waals surface area contributed by atoms with E-state index in [1.807, 2.05) is 36.4 Å². The lowest BCUT2D eigenvalue weighted by molar-refractivity contribution is 0.355. The Kier molecular flexibility index (Phi) is 5.33. The van der Waals surface area contributed by atoms with Crippen LogP contribution >= 0.6 is 22.9 Å². The monoisotopic (exact) mass is 425 g/mol. The molecule has 0 radical (unpaired) electrons. The maximum absolute atomic E-state index is 12.6. The molecule has 4 aromatic rings. The summed E-state index contributed by atoms with van der Waals surface area (Å²) in [5.74, 6) is 1.75. The Morgan fingerprint density at radius 2 is 1.72 bits per heavy atom. The number of rotatable bonds is 5. The number of hydrogen-bond donors (Lipinski definition) is 0. The van der Waals surface area contributed by atoms with E-state index in [9.17, 15) is 4.79 Å². The SMILES string of the molecule is COc1ccc(/C=C/c2nc3s/c(=C\c4ccc(Cl)cc4)c(=O)n3n2)cc1OC. The van der Waals surface area contributed by atoms with Crippen LogP contribution in [0.2, 0.25) is 5.02 Å². The van der Waals surface area contributed by atoms with Crippen molar-refractivity contribution in [1.82, 2.24) is 14.6 Å². The summed E-state index contributed by atoms with van der Waals surface area (Å²) in [5, 5.41) is 4.95. The van der Waals surface area contributed by atoms with Crippen molar-refractivity contribution in [3.8, 4) is 11.5 Å². The average molecular weight is 426 g/mol. The molecular formula is C21H16ClN3O3S. The molecule has 0 atom stereocenters. The van der Waals surface area contributed by atoms with Gasteiger partial charge in [-0.3, -0.25) is 4.79 Å². The molecule has 8 heteroatoms. The molecule has 0 spiro atoms. The molecule has 2 aromatic heterocycles. The van der Waals surface area contributed by atoms with Crippen LogP contribution in [0.3, 0.4) is 0 Å². The predicted octanol–water partition coefficient (Wildman–Crippen LogP) is 3.54. The molecule has 2 heterocycles. The fourth-order valence-electron chi connectivity index (χ4n) is 2.76. The molecule has 4 rings (SSSR count). The van der Waals surface area contributed by atoms with Crippen LogP contribution in [0.1, 0.15) is 17.0 Å². The fourth-order valence-corrected chi connectivity index (χ4v) is 3.80. The van der Waals surface area contributed by atoms with Crippen molar-refractivity contribution in [3.05, 3.63) is 79.3 Å². The summed E-state index contributed by atoms with van der Waals surface area (Å²) in [6.07, 6.45) is 5.41. The summed E-state index contributed by atoms with van der Waals surface area (Å²) in [5.41, 5.74) is 1.60. The number of thiazole rings is 1. The van der Waals surface area contributed by atoms with Crippen LogP contribution in [-0.2, 0) is 0 Å². The van der Waals surface area contributed by atoms with Gasteiger partial charge >= 0.3 is 0 Å². The van der Waals surface area contributed by atoms with Gasteiger partial charge in [-0.25, -0.2) is 0 Å². The van der Waals surface area contributed by atoms with Crippen molar-refractivity contribution >= 4 is 46.1 Å². The molecule has 0 saturated carbocycles. The highest BCUT2D eigenvalue weighted by atomic mass is 35.5. The zero-order valence-electron chi connectivity index (χ0n) is 15.6. The van der Waals surface area contributed by atoms with Crippen LogP contribution in [0, 0.1) is 0 Å². The molecule has 0 fully saturated rings. The molecule has 0 saturated heterocycles. The van der Waals surface area contributed by atoms with Gasteiger partial charge in [-0.05, 0) is 47.5 Å². The zero-order chi connectivity index (χ0) is 20.4. The molecular weight excluding hydrogens is 410 g/mol. The Morgan fingerprint density at radius 1 is 1.00 bits per heavy atom. The van der Waals surface area contributed by atoms with E-state index in [1.165, 1.54) is 15.9 Å². The van der Waals surface area contributed by atoms with Crippen molar-refractivity contribution in [1.29, 1.82) is 0 Å². The molecule has 0 amide bonds. The van der Waals surface area contributed by atoms with Crippen LogP contribution in [0.4, 0.5) is 0 Å². The van der Waals surface area contributed by atoms with E-state index in [-0.39, 0.29) is 5.56 Å². The van der Waals surface area contributed by atoms with Gasteiger partial charge < -0.3 is 9.47 Å². The smallest absolute Gasteiger partial charge is 0.291 e. The first-order chi connectivity index (χ1) is 14.1. The number of hydrogen-bond acceptors (Lipinski definition) is 6. The second-order valence-corrected chi connectivity index (χ2v) is 7.53. The van der Waals surface area contributed by atoms with E-state index in [0.717, 1.165) is 11.1 Å². The van der Waals surface area contributed by atoms with E-state index in [2.05, 4.69) is 10.1 Å². The van der Waals surface area contributed by atoms with Crippen molar-refractivity contribution < 1.29 is 9.47 Å². The maximum Gasteiger partial charge on any atom is 0.291 e. The number of halogens is 1. The minimum Gasteiger partial charge on any atom is -0.493 e. The number of ether oxygens (including phenoxy) is 2. The highest BCUT2D eigenvalue weighted by Gasteiger charge is 2.09. The summed E-state index contributed by atoms with van der Waals surface area (Å²) in [6.45, 7) is 0. The Bertz CT molecular complexity index is 1310. The van der Waals surface area contributed by atoms with Crippen LogP contribution in [0.15, 0.2) is 47.3 Å².